The van der Waals surface area contributed by atoms with Crippen LogP contribution in [0.15, 0.2) is 18.2 Å². The maximum Gasteiger partial charge on any atom is 0.128 e. The third kappa shape index (κ3) is 1.61. The molecule has 2 aliphatic heterocycles. The Labute approximate surface area is 90.5 Å². The first-order valence-electron chi connectivity index (χ1n) is 5.72. The van der Waals surface area contributed by atoms with Crippen LogP contribution in [0.2, 0.25) is 0 Å². The van der Waals surface area contributed by atoms with Crippen LogP contribution < -0.4 is 10.2 Å². The Bertz CT molecular complexity index is 352. The molecule has 0 unspecified atom stereocenters. The van der Waals surface area contributed by atoms with Gasteiger partial charge in [-0.3, -0.25) is 0 Å². The summed E-state index contributed by atoms with van der Waals surface area (Å²) in [5.41, 5.74) is 1.11. The number of fused-ring (bicyclic) bond motifs is 1. The summed E-state index contributed by atoms with van der Waals surface area (Å²) < 4.78 is 0. The number of nitrogens with zero attached hydrogens (tertiary/aromatic N) is 2. The molecule has 2 fully saturated rings. The first-order chi connectivity index (χ1) is 7.33. The van der Waals surface area contributed by atoms with Crippen molar-refractivity contribution in [2.75, 3.05) is 31.1 Å². The fourth-order valence-corrected chi connectivity index (χ4v) is 2.75. The van der Waals surface area contributed by atoms with Crippen molar-refractivity contribution in [3.05, 3.63) is 23.9 Å². The summed E-state index contributed by atoms with van der Waals surface area (Å²) >= 11 is 0. The molecule has 3 heterocycles. The molecule has 0 bridgehead atoms. The lowest BCUT2D eigenvalue weighted by Crippen LogP contribution is -2.26. The van der Waals surface area contributed by atoms with Crippen LogP contribution in [0.3, 0.4) is 0 Å². The highest BCUT2D eigenvalue weighted by molar-refractivity contribution is 5.41. The van der Waals surface area contributed by atoms with Crippen molar-refractivity contribution < 1.29 is 0 Å². The van der Waals surface area contributed by atoms with Crippen LogP contribution >= 0.6 is 0 Å². The SMILES string of the molecule is Cc1cccc(N2C[C@H]3CNC[C@H]3C2)n1. The standard InChI is InChI=1S/C12H17N3/c1-9-3-2-4-12(14-9)15-7-10-5-13-6-11(10)8-15/h2-4,10-11,13H,5-8H2,1H3/t10-,11+. The predicted molar refractivity (Wildman–Crippen MR) is 61.0 cm³/mol. The van der Waals surface area contributed by atoms with Crippen molar-refractivity contribution in [2.24, 2.45) is 11.8 Å². The van der Waals surface area contributed by atoms with Gasteiger partial charge in [-0.1, -0.05) is 6.07 Å². The molecule has 2 atom stereocenters. The van der Waals surface area contributed by atoms with E-state index in [9.17, 15) is 0 Å². The van der Waals surface area contributed by atoms with E-state index in [0.29, 0.717) is 0 Å². The molecule has 0 aromatic carbocycles. The number of nitrogens with one attached hydrogen (secondary N) is 1. The van der Waals surface area contributed by atoms with Gasteiger partial charge in [-0.25, -0.2) is 4.98 Å². The monoisotopic (exact) mass is 203 g/mol. The van der Waals surface area contributed by atoms with Gasteiger partial charge in [0.25, 0.3) is 0 Å². The molecule has 3 rings (SSSR count). The van der Waals surface area contributed by atoms with Crippen molar-refractivity contribution in [1.29, 1.82) is 0 Å². The highest BCUT2D eigenvalue weighted by Crippen LogP contribution is 2.29. The van der Waals surface area contributed by atoms with E-state index in [1.54, 1.807) is 0 Å². The number of hydrogen-bond acceptors (Lipinski definition) is 3. The lowest BCUT2D eigenvalue weighted by molar-refractivity contribution is 0.533. The minimum Gasteiger partial charge on any atom is -0.356 e. The van der Waals surface area contributed by atoms with E-state index in [1.807, 2.05) is 0 Å². The number of aryl methyl sites for hydroxylation is 1. The molecule has 0 amide bonds. The van der Waals surface area contributed by atoms with E-state index < -0.39 is 0 Å². The van der Waals surface area contributed by atoms with Gasteiger partial charge in [0.15, 0.2) is 0 Å². The van der Waals surface area contributed by atoms with Gasteiger partial charge in [-0.05, 0) is 30.9 Å². The fraction of sp³-hybridized carbons (Fsp3) is 0.583. The highest BCUT2D eigenvalue weighted by Gasteiger charge is 2.36. The van der Waals surface area contributed by atoms with Gasteiger partial charge in [0.1, 0.15) is 5.82 Å². The molecule has 1 aromatic rings. The molecule has 1 N–H and O–H groups in total. The second-order valence-electron chi connectivity index (χ2n) is 4.72. The van der Waals surface area contributed by atoms with Crippen LogP contribution in [-0.2, 0) is 0 Å². The molecule has 2 saturated heterocycles. The van der Waals surface area contributed by atoms with E-state index in [2.05, 4.69) is 40.3 Å². The van der Waals surface area contributed by atoms with Crippen molar-refractivity contribution in [1.82, 2.24) is 10.3 Å². The Morgan fingerprint density at radius 3 is 2.67 bits per heavy atom. The number of aromatic nitrogens is 1. The summed E-state index contributed by atoms with van der Waals surface area (Å²) in [5, 5.41) is 3.46. The average molecular weight is 203 g/mol. The molecular formula is C12H17N3. The maximum atomic E-state index is 4.59. The van der Waals surface area contributed by atoms with Crippen LogP contribution in [0.1, 0.15) is 5.69 Å². The quantitative estimate of drug-likeness (QED) is 0.739. The molecule has 3 nitrogen and oxygen atoms in total. The zero-order valence-corrected chi connectivity index (χ0v) is 9.11. The summed E-state index contributed by atoms with van der Waals surface area (Å²) in [7, 11) is 0. The first-order valence-corrected chi connectivity index (χ1v) is 5.72. The number of anilines is 1. The van der Waals surface area contributed by atoms with Crippen molar-refractivity contribution >= 4 is 5.82 Å². The van der Waals surface area contributed by atoms with E-state index in [1.165, 1.54) is 26.2 Å². The smallest absolute Gasteiger partial charge is 0.128 e. The van der Waals surface area contributed by atoms with Gasteiger partial charge in [-0.15, -0.1) is 0 Å². The van der Waals surface area contributed by atoms with Crippen LogP contribution in [0.25, 0.3) is 0 Å². The topological polar surface area (TPSA) is 28.2 Å². The number of hydrogen-bond donors (Lipinski definition) is 1. The lowest BCUT2D eigenvalue weighted by atomic mass is 10.0. The predicted octanol–water partition coefficient (Wildman–Crippen LogP) is 1.05. The normalized spacial score (nSPS) is 29.5. The Kier molecular flexibility index (Phi) is 2.13. The molecule has 1 aromatic heterocycles. The summed E-state index contributed by atoms with van der Waals surface area (Å²) in [5.74, 6) is 2.84. The van der Waals surface area contributed by atoms with Gasteiger partial charge < -0.3 is 10.2 Å². The van der Waals surface area contributed by atoms with Gasteiger partial charge in [0.05, 0.1) is 0 Å². The third-order valence-corrected chi connectivity index (χ3v) is 3.59. The summed E-state index contributed by atoms with van der Waals surface area (Å²) in [6.07, 6.45) is 0. The van der Waals surface area contributed by atoms with E-state index in [-0.39, 0.29) is 0 Å². The highest BCUT2D eigenvalue weighted by atomic mass is 15.2. The van der Waals surface area contributed by atoms with Crippen LogP contribution in [0.5, 0.6) is 0 Å². The van der Waals surface area contributed by atoms with Gasteiger partial charge in [0, 0.05) is 31.9 Å². The largest absolute Gasteiger partial charge is 0.356 e. The molecule has 2 aliphatic rings. The van der Waals surface area contributed by atoms with E-state index >= 15 is 0 Å². The van der Waals surface area contributed by atoms with Crippen LogP contribution in [0.4, 0.5) is 5.82 Å². The summed E-state index contributed by atoms with van der Waals surface area (Å²) in [6, 6.07) is 6.29. The second-order valence-corrected chi connectivity index (χ2v) is 4.72. The average Bonchev–Trinajstić information content (AvgIpc) is 2.76. The molecule has 0 spiro atoms. The maximum absolute atomic E-state index is 4.59. The lowest BCUT2D eigenvalue weighted by Gasteiger charge is -2.18. The minimum atomic E-state index is 0.840. The Hall–Kier alpha value is -1.09. The molecular weight excluding hydrogens is 186 g/mol. The van der Waals surface area contributed by atoms with Crippen molar-refractivity contribution in [2.45, 2.75) is 6.92 Å². The molecule has 0 radical (unpaired) electrons. The van der Waals surface area contributed by atoms with E-state index in [0.717, 1.165) is 23.3 Å². The van der Waals surface area contributed by atoms with Crippen LogP contribution in [0, 0.1) is 18.8 Å². The van der Waals surface area contributed by atoms with Crippen LogP contribution in [-0.4, -0.2) is 31.2 Å². The molecule has 15 heavy (non-hydrogen) atoms. The van der Waals surface area contributed by atoms with Crippen molar-refractivity contribution in [3.8, 4) is 0 Å². The Morgan fingerprint density at radius 1 is 1.27 bits per heavy atom. The first kappa shape index (κ1) is 9.16. The Balaban J connectivity index is 1.79. The third-order valence-electron chi connectivity index (χ3n) is 3.59. The van der Waals surface area contributed by atoms with Gasteiger partial charge in [-0.2, -0.15) is 0 Å². The molecule has 0 aliphatic carbocycles. The van der Waals surface area contributed by atoms with Gasteiger partial charge >= 0.3 is 0 Å². The number of rotatable bonds is 1. The zero-order chi connectivity index (χ0) is 10.3. The van der Waals surface area contributed by atoms with E-state index in [4.69, 9.17) is 0 Å². The van der Waals surface area contributed by atoms with Crippen molar-refractivity contribution in [3.63, 3.8) is 0 Å². The minimum absolute atomic E-state index is 0.840. The Morgan fingerprint density at radius 2 is 2.00 bits per heavy atom. The second kappa shape index (κ2) is 3.49. The van der Waals surface area contributed by atoms with Gasteiger partial charge in [0.2, 0.25) is 0 Å². The fourth-order valence-electron chi connectivity index (χ4n) is 2.75. The molecule has 80 valence electrons. The molecule has 3 heteroatoms. The summed E-state index contributed by atoms with van der Waals surface area (Å²) in [4.78, 5) is 7.02. The summed E-state index contributed by atoms with van der Waals surface area (Å²) in [6.45, 7) is 6.78. The molecule has 0 saturated carbocycles. The zero-order valence-electron chi connectivity index (χ0n) is 9.11. The number of pyridine rings is 1.